The van der Waals surface area contributed by atoms with Crippen LogP contribution in [-0.2, 0) is 22.6 Å². The summed E-state index contributed by atoms with van der Waals surface area (Å²) in [6.07, 6.45) is 0.333. The molecule has 3 rings (SSSR count). The molecule has 0 fully saturated rings. The molecule has 0 heterocycles. The molecule has 0 radical (unpaired) electrons. The van der Waals surface area contributed by atoms with Crippen molar-refractivity contribution in [1.29, 1.82) is 0 Å². The third-order valence-corrected chi connectivity index (χ3v) is 5.93. The summed E-state index contributed by atoms with van der Waals surface area (Å²) in [5, 5.41) is 3.02. The van der Waals surface area contributed by atoms with Gasteiger partial charge in [-0.05, 0) is 90.9 Å². The topological polar surface area (TPSA) is 58.6 Å². The van der Waals surface area contributed by atoms with Crippen molar-refractivity contribution in [3.05, 3.63) is 99.4 Å². The first kappa shape index (κ1) is 26.7. The number of nitrogens with one attached hydrogen (secondary N) is 1. The minimum absolute atomic E-state index is 0.143. The van der Waals surface area contributed by atoms with Crippen LogP contribution < -0.4 is 10.1 Å². The van der Waals surface area contributed by atoms with E-state index in [-0.39, 0.29) is 30.8 Å². The largest absolute Gasteiger partial charge is 0.484 e. The average molecular weight is 588 g/mol. The number of amides is 2. The van der Waals surface area contributed by atoms with Gasteiger partial charge in [0.1, 0.15) is 17.6 Å². The van der Waals surface area contributed by atoms with E-state index in [9.17, 15) is 14.0 Å². The number of carbonyl (C=O) groups is 2. The Morgan fingerprint density at radius 2 is 1.57 bits per heavy atom. The van der Waals surface area contributed by atoms with Crippen LogP contribution in [0.3, 0.4) is 0 Å². The van der Waals surface area contributed by atoms with Crippen molar-refractivity contribution in [2.45, 2.75) is 45.3 Å². The van der Waals surface area contributed by atoms with Crippen molar-refractivity contribution in [3.63, 3.8) is 0 Å². The lowest BCUT2D eigenvalue weighted by Gasteiger charge is -2.33. The molecule has 184 valence electrons. The molecule has 5 nitrogen and oxygen atoms in total. The van der Waals surface area contributed by atoms with Crippen LogP contribution >= 0.6 is 22.6 Å². The van der Waals surface area contributed by atoms with E-state index in [0.29, 0.717) is 12.2 Å². The van der Waals surface area contributed by atoms with Crippen molar-refractivity contribution in [3.8, 4) is 5.75 Å². The Balaban J connectivity index is 1.91. The highest BCUT2D eigenvalue weighted by atomic mass is 127. The fourth-order valence-electron chi connectivity index (χ4n) is 3.55. The van der Waals surface area contributed by atoms with Gasteiger partial charge >= 0.3 is 0 Å². The highest BCUT2D eigenvalue weighted by Gasteiger charge is 2.32. The van der Waals surface area contributed by atoms with Crippen LogP contribution in [0.1, 0.15) is 31.9 Å². The molecule has 0 aliphatic heterocycles. The number of hydrogen-bond acceptors (Lipinski definition) is 3. The van der Waals surface area contributed by atoms with Crippen LogP contribution in [0.4, 0.5) is 4.39 Å². The minimum atomic E-state index is -0.783. The van der Waals surface area contributed by atoms with Crippen molar-refractivity contribution in [2.75, 3.05) is 6.61 Å². The highest BCUT2D eigenvalue weighted by molar-refractivity contribution is 14.1. The zero-order valence-corrected chi connectivity index (χ0v) is 22.3. The molecule has 35 heavy (non-hydrogen) atoms. The Hall–Kier alpha value is -2.94. The summed E-state index contributed by atoms with van der Waals surface area (Å²) in [6.45, 7) is 5.61. The minimum Gasteiger partial charge on any atom is -0.484 e. The third kappa shape index (κ3) is 8.65. The molecule has 0 aromatic heterocycles. The zero-order chi connectivity index (χ0) is 25.4. The third-order valence-electron chi connectivity index (χ3n) is 5.21. The van der Waals surface area contributed by atoms with Crippen LogP contribution in [0.15, 0.2) is 78.9 Å². The van der Waals surface area contributed by atoms with Gasteiger partial charge in [-0.3, -0.25) is 9.59 Å². The summed E-state index contributed by atoms with van der Waals surface area (Å²) in [6, 6.07) is 22.1. The molecule has 7 heteroatoms. The quantitative estimate of drug-likeness (QED) is 0.343. The summed E-state index contributed by atoms with van der Waals surface area (Å²) in [5.74, 6) is -0.386. The van der Waals surface area contributed by atoms with Gasteiger partial charge in [-0.2, -0.15) is 0 Å². The summed E-state index contributed by atoms with van der Waals surface area (Å²) >= 11 is 2.20. The summed E-state index contributed by atoms with van der Waals surface area (Å²) in [4.78, 5) is 28.5. The molecule has 0 bridgehead atoms. The standard InChI is InChI=1S/C28H30FIN2O3/c1-28(2,3)31-27(34)25(17-20-7-5-4-6-8-20)32(18-21-9-11-22(29)12-10-21)26(33)19-35-24-15-13-23(30)14-16-24/h4-16,25H,17-19H2,1-3H3,(H,31,34)/t25-/m0/s1. The fraction of sp³-hybridized carbons (Fsp3) is 0.286. The number of benzene rings is 3. The fourth-order valence-corrected chi connectivity index (χ4v) is 3.91. The number of halogens is 2. The zero-order valence-electron chi connectivity index (χ0n) is 20.1. The number of carbonyl (C=O) groups excluding carboxylic acids is 2. The van der Waals surface area contributed by atoms with E-state index in [0.717, 1.165) is 14.7 Å². The molecule has 0 saturated carbocycles. The lowest BCUT2D eigenvalue weighted by molar-refractivity contribution is -0.143. The van der Waals surface area contributed by atoms with E-state index < -0.39 is 11.6 Å². The predicted octanol–water partition coefficient (Wildman–Crippen LogP) is 5.36. The summed E-state index contributed by atoms with van der Waals surface area (Å²) in [5.41, 5.74) is 1.17. The molecule has 0 saturated heterocycles. The smallest absolute Gasteiger partial charge is 0.261 e. The normalized spacial score (nSPS) is 12.0. The summed E-state index contributed by atoms with van der Waals surface area (Å²) in [7, 11) is 0. The van der Waals surface area contributed by atoms with Gasteiger partial charge in [0.15, 0.2) is 6.61 Å². The van der Waals surface area contributed by atoms with E-state index in [4.69, 9.17) is 4.74 Å². The predicted molar refractivity (Wildman–Crippen MR) is 143 cm³/mol. The lowest BCUT2D eigenvalue weighted by atomic mass is 10.0. The van der Waals surface area contributed by atoms with Gasteiger partial charge in [-0.25, -0.2) is 4.39 Å². The van der Waals surface area contributed by atoms with Gasteiger partial charge in [0, 0.05) is 22.1 Å². The Morgan fingerprint density at radius 3 is 2.17 bits per heavy atom. The Kier molecular flexibility index (Phi) is 9.26. The Bertz CT molecular complexity index is 1110. The SMILES string of the molecule is CC(C)(C)NC(=O)[C@H](Cc1ccccc1)N(Cc1ccc(F)cc1)C(=O)COc1ccc(I)cc1. The molecule has 3 aromatic rings. The molecule has 0 aliphatic rings. The molecule has 0 spiro atoms. The van der Waals surface area contributed by atoms with E-state index in [1.54, 1.807) is 24.3 Å². The second-order valence-electron chi connectivity index (χ2n) is 9.34. The van der Waals surface area contributed by atoms with Gasteiger partial charge < -0.3 is 15.0 Å². The first-order valence-electron chi connectivity index (χ1n) is 11.4. The maximum atomic E-state index is 13.5. The monoisotopic (exact) mass is 588 g/mol. The van der Waals surface area contributed by atoms with Crippen LogP contribution in [0.5, 0.6) is 5.75 Å². The first-order chi connectivity index (χ1) is 16.6. The highest BCUT2D eigenvalue weighted by Crippen LogP contribution is 2.18. The maximum absolute atomic E-state index is 13.5. The number of nitrogens with zero attached hydrogens (tertiary/aromatic N) is 1. The van der Waals surface area contributed by atoms with Gasteiger partial charge in [0.25, 0.3) is 5.91 Å². The molecule has 3 aromatic carbocycles. The Labute approximate surface area is 219 Å². The van der Waals surface area contributed by atoms with Crippen molar-refractivity contribution >= 4 is 34.4 Å². The summed E-state index contributed by atoms with van der Waals surface area (Å²) < 4.78 is 20.3. The van der Waals surface area contributed by atoms with Crippen LogP contribution in [0, 0.1) is 9.39 Å². The van der Waals surface area contributed by atoms with E-state index in [1.165, 1.54) is 17.0 Å². The number of rotatable bonds is 9. The first-order valence-corrected chi connectivity index (χ1v) is 12.5. The molecule has 2 amide bonds. The van der Waals surface area contributed by atoms with Crippen LogP contribution in [-0.4, -0.2) is 34.9 Å². The maximum Gasteiger partial charge on any atom is 0.261 e. The van der Waals surface area contributed by atoms with Gasteiger partial charge in [-0.1, -0.05) is 42.5 Å². The average Bonchev–Trinajstić information content (AvgIpc) is 2.81. The van der Waals surface area contributed by atoms with Crippen molar-refractivity contribution in [2.24, 2.45) is 0 Å². The number of ether oxygens (including phenoxy) is 1. The van der Waals surface area contributed by atoms with E-state index in [1.807, 2.05) is 63.2 Å². The molecular formula is C28H30FIN2O3. The van der Waals surface area contributed by atoms with Crippen LogP contribution in [0.2, 0.25) is 0 Å². The molecule has 1 N–H and O–H groups in total. The molecular weight excluding hydrogens is 558 g/mol. The van der Waals surface area contributed by atoms with Crippen LogP contribution in [0.25, 0.3) is 0 Å². The number of hydrogen-bond donors (Lipinski definition) is 1. The van der Waals surface area contributed by atoms with Gasteiger partial charge in [0.2, 0.25) is 5.91 Å². The lowest BCUT2D eigenvalue weighted by Crippen LogP contribution is -2.55. The van der Waals surface area contributed by atoms with Gasteiger partial charge in [0.05, 0.1) is 0 Å². The second-order valence-corrected chi connectivity index (χ2v) is 10.6. The van der Waals surface area contributed by atoms with Gasteiger partial charge in [-0.15, -0.1) is 0 Å². The van der Waals surface area contributed by atoms with Crippen molar-refractivity contribution < 1.29 is 18.7 Å². The second kappa shape index (κ2) is 12.2. The van der Waals surface area contributed by atoms with E-state index >= 15 is 0 Å². The molecule has 0 aliphatic carbocycles. The van der Waals surface area contributed by atoms with Crippen molar-refractivity contribution in [1.82, 2.24) is 10.2 Å². The Morgan fingerprint density at radius 1 is 0.943 bits per heavy atom. The molecule has 1 atom stereocenters. The molecule has 0 unspecified atom stereocenters. The van der Waals surface area contributed by atoms with E-state index in [2.05, 4.69) is 27.9 Å².